The quantitative estimate of drug-likeness (QED) is 0.773. The molecule has 0 radical (unpaired) electrons. The topological polar surface area (TPSA) is 22.0 Å². The maximum atomic E-state index is 12.3. The Balaban J connectivity index is 2.06. The maximum absolute atomic E-state index is 12.3. The number of aromatic nitrogens is 1. The van der Waals surface area contributed by atoms with Gasteiger partial charge in [0.2, 0.25) is 0 Å². The third-order valence-electron chi connectivity index (χ3n) is 4.38. The molecular weight excluding hydrogens is 282 g/mol. The van der Waals surface area contributed by atoms with Gasteiger partial charge in [0.15, 0.2) is 5.78 Å². The molecule has 0 N–H and O–H groups in total. The number of fused-ring (bicyclic) bond motifs is 1. The van der Waals surface area contributed by atoms with Crippen LogP contribution in [0.5, 0.6) is 0 Å². The Morgan fingerprint density at radius 2 is 1.90 bits per heavy atom. The van der Waals surface area contributed by atoms with E-state index in [9.17, 15) is 4.79 Å². The zero-order chi connectivity index (χ0) is 15.2. The van der Waals surface area contributed by atoms with Crippen LogP contribution in [-0.2, 0) is 6.42 Å². The molecule has 1 aliphatic rings. The van der Waals surface area contributed by atoms with Crippen molar-refractivity contribution in [1.82, 2.24) is 4.57 Å². The van der Waals surface area contributed by atoms with Gasteiger partial charge < -0.3 is 4.57 Å². The van der Waals surface area contributed by atoms with E-state index in [2.05, 4.69) is 31.4 Å². The highest BCUT2D eigenvalue weighted by atomic mass is 35.5. The van der Waals surface area contributed by atoms with Crippen LogP contribution in [0.3, 0.4) is 0 Å². The van der Waals surface area contributed by atoms with Crippen molar-refractivity contribution in [3.63, 3.8) is 0 Å². The number of ketones is 1. The lowest BCUT2D eigenvalue weighted by Gasteiger charge is -2.31. The predicted molar refractivity (Wildman–Crippen MR) is 86.1 cm³/mol. The van der Waals surface area contributed by atoms with Crippen molar-refractivity contribution in [1.29, 1.82) is 0 Å². The minimum atomic E-state index is 0.0282. The number of nitrogens with zero attached hydrogens (tertiary/aromatic N) is 1. The van der Waals surface area contributed by atoms with Crippen molar-refractivity contribution in [3.05, 3.63) is 58.4 Å². The van der Waals surface area contributed by atoms with Crippen LogP contribution in [0.4, 0.5) is 0 Å². The second-order valence-electron chi connectivity index (χ2n) is 6.72. The van der Waals surface area contributed by atoms with Gasteiger partial charge in [0.1, 0.15) is 0 Å². The molecule has 0 saturated heterocycles. The van der Waals surface area contributed by atoms with Gasteiger partial charge in [-0.2, -0.15) is 0 Å². The predicted octanol–water partition coefficient (Wildman–Crippen LogP) is 4.91. The first kappa shape index (κ1) is 14.4. The van der Waals surface area contributed by atoms with E-state index in [4.69, 9.17) is 11.6 Å². The molecule has 3 heteroatoms. The summed E-state index contributed by atoms with van der Waals surface area (Å²) in [5.41, 5.74) is 3.14. The molecule has 0 amide bonds. The van der Waals surface area contributed by atoms with E-state index in [0.29, 0.717) is 6.42 Å². The maximum Gasteiger partial charge on any atom is 0.165 e. The Morgan fingerprint density at radius 3 is 2.62 bits per heavy atom. The van der Waals surface area contributed by atoms with Crippen LogP contribution in [0.1, 0.15) is 54.8 Å². The number of Topliss-reactive ketones (excluding diaryl/α,β-unsaturated/α-hetero) is 1. The van der Waals surface area contributed by atoms with Gasteiger partial charge in [-0.25, -0.2) is 0 Å². The second kappa shape index (κ2) is 5.03. The van der Waals surface area contributed by atoms with Crippen LogP contribution in [0.2, 0.25) is 5.02 Å². The number of carbonyl (C=O) groups is 1. The van der Waals surface area contributed by atoms with Crippen LogP contribution in [0, 0.1) is 5.41 Å². The van der Waals surface area contributed by atoms with Crippen LogP contribution in [0.25, 0.3) is 0 Å². The lowest BCUT2D eigenvalue weighted by atomic mass is 9.76. The summed E-state index contributed by atoms with van der Waals surface area (Å²) in [5.74, 6) is 0.256. The monoisotopic (exact) mass is 301 g/mol. The first-order valence-electron chi connectivity index (χ1n) is 7.36. The van der Waals surface area contributed by atoms with E-state index in [1.54, 1.807) is 0 Å². The summed E-state index contributed by atoms with van der Waals surface area (Å²) in [6.07, 6.45) is 3.58. The van der Waals surface area contributed by atoms with Gasteiger partial charge in [0.25, 0.3) is 0 Å². The first-order valence-corrected chi connectivity index (χ1v) is 7.74. The molecule has 3 rings (SSSR count). The summed E-state index contributed by atoms with van der Waals surface area (Å²) in [5, 5.41) is 0.772. The van der Waals surface area contributed by atoms with Gasteiger partial charge in [-0.1, -0.05) is 43.6 Å². The molecule has 1 aromatic heterocycles. The summed E-state index contributed by atoms with van der Waals surface area (Å²) in [6.45, 7) is 6.45. The number of carbonyl (C=O) groups excluding carboxylic acids is 1. The van der Waals surface area contributed by atoms with Gasteiger partial charge in [-0.05, 0) is 36.5 Å². The van der Waals surface area contributed by atoms with E-state index >= 15 is 0 Å². The standard InChI is InChI=1S/C18H20ClNO/c1-12(13-6-4-5-7-15(13)19)20-9-8-14-16(20)10-18(2,3)11-17(14)21/h4-9,12H,10-11H2,1-3H3. The zero-order valence-corrected chi connectivity index (χ0v) is 13.4. The van der Waals surface area contributed by atoms with E-state index in [1.807, 2.05) is 30.5 Å². The second-order valence-corrected chi connectivity index (χ2v) is 7.13. The largest absolute Gasteiger partial charge is 0.344 e. The van der Waals surface area contributed by atoms with Crippen LogP contribution in [-0.4, -0.2) is 10.4 Å². The molecule has 1 atom stereocenters. The number of hydrogen-bond donors (Lipinski definition) is 0. The molecular formula is C18H20ClNO. The van der Waals surface area contributed by atoms with E-state index < -0.39 is 0 Å². The van der Waals surface area contributed by atoms with E-state index in [1.165, 1.54) is 0 Å². The van der Waals surface area contributed by atoms with Gasteiger partial charge in [0.05, 0.1) is 6.04 Å². The Bertz CT molecular complexity index is 699. The fourth-order valence-corrected chi connectivity index (χ4v) is 3.59. The van der Waals surface area contributed by atoms with Crippen molar-refractivity contribution in [2.24, 2.45) is 5.41 Å². The smallest absolute Gasteiger partial charge is 0.165 e. The van der Waals surface area contributed by atoms with Crippen LogP contribution < -0.4 is 0 Å². The van der Waals surface area contributed by atoms with Crippen molar-refractivity contribution >= 4 is 17.4 Å². The lowest BCUT2D eigenvalue weighted by Crippen LogP contribution is -2.28. The third kappa shape index (κ3) is 2.53. The molecule has 110 valence electrons. The molecule has 0 fully saturated rings. The normalized spacial score (nSPS) is 18.4. The molecule has 1 heterocycles. The van der Waals surface area contributed by atoms with Gasteiger partial charge in [-0.15, -0.1) is 0 Å². The molecule has 1 aliphatic carbocycles. The number of halogens is 1. The Labute approximate surface area is 130 Å². The third-order valence-corrected chi connectivity index (χ3v) is 4.73. The highest BCUT2D eigenvalue weighted by Gasteiger charge is 2.33. The minimum Gasteiger partial charge on any atom is -0.344 e. The van der Waals surface area contributed by atoms with Gasteiger partial charge in [-0.3, -0.25) is 4.79 Å². The van der Waals surface area contributed by atoms with Crippen LogP contribution in [0.15, 0.2) is 36.5 Å². The molecule has 0 bridgehead atoms. The zero-order valence-electron chi connectivity index (χ0n) is 12.7. The average molecular weight is 302 g/mol. The van der Waals surface area contributed by atoms with Crippen molar-refractivity contribution in [2.45, 2.75) is 39.7 Å². The highest BCUT2D eigenvalue weighted by molar-refractivity contribution is 6.31. The van der Waals surface area contributed by atoms with Gasteiger partial charge in [0, 0.05) is 28.9 Å². The molecule has 0 saturated carbocycles. The van der Waals surface area contributed by atoms with E-state index in [0.717, 1.165) is 28.3 Å². The SMILES string of the molecule is CC(c1ccccc1Cl)n1ccc2c1CC(C)(C)CC2=O. The molecule has 2 aromatic rings. The van der Waals surface area contributed by atoms with Crippen molar-refractivity contribution in [3.8, 4) is 0 Å². The fraction of sp³-hybridized carbons (Fsp3) is 0.389. The van der Waals surface area contributed by atoms with Crippen molar-refractivity contribution in [2.75, 3.05) is 0 Å². The summed E-state index contributed by atoms with van der Waals surface area (Å²) >= 11 is 6.32. The number of rotatable bonds is 2. The summed E-state index contributed by atoms with van der Waals surface area (Å²) in [4.78, 5) is 12.3. The van der Waals surface area contributed by atoms with Gasteiger partial charge >= 0.3 is 0 Å². The van der Waals surface area contributed by atoms with Crippen molar-refractivity contribution < 1.29 is 4.79 Å². The molecule has 21 heavy (non-hydrogen) atoms. The first-order chi connectivity index (χ1) is 9.89. The molecule has 0 aliphatic heterocycles. The molecule has 2 nitrogen and oxygen atoms in total. The minimum absolute atomic E-state index is 0.0282. The fourth-order valence-electron chi connectivity index (χ4n) is 3.29. The lowest BCUT2D eigenvalue weighted by molar-refractivity contribution is 0.0909. The summed E-state index contributed by atoms with van der Waals surface area (Å²) in [7, 11) is 0. The molecule has 1 aromatic carbocycles. The Hall–Kier alpha value is -1.54. The molecule has 0 spiro atoms. The highest BCUT2D eigenvalue weighted by Crippen LogP contribution is 2.37. The van der Waals surface area contributed by atoms with E-state index in [-0.39, 0.29) is 17.2 Å². The summed E-state index contributed by atoms with van der Waals surface area (Å²) < 4.78 is 2.20. The number of benzene rings is 1. The van der Waals surface area contributed by atoms with Crippen LogP contribution >= 0.6 is 11.6 Å². The Kier molecular flexibility index (Phi) is 3.45. The number of hydrogen-bond acceptors (Lipinski definition) is 1. The summed E-state index contributed by atoms with van der Waals surface area (Å²) in [6, 6.07) is 10.00. The molecule has 1 unspecified atom stereocenters. The Morgan fingerprint density at radius 1 is 1.19 bits per heavy atom. The average Bonchev–Trinajstić information content (AvgIpc) is 2.81.